The van der Waals surface area contributed by atoms with Crippen molar-refractivity contribution in [2.24, 2.45) is 0 Å². The molecule has 0 bridgehead atoms. The summed E-state index contributed by atoms with van der Waals surface area (Å²) in [4.78, 5) is 37.5. The number of carboxylic acids is 1. The number of aromatic nitrogens is 1. The molecule has 0 fully saturated rings. The first-order chi connectivity index (χ1) is 11.5. The second kappa shape index (κ2) is 6.46. The highest BCUT2D eigenvalue weighted by molar-refractivity contribution is 7.08. The second-order valence-corrected chi connectivity index (χ2v) is 6.26. The number of hydrogen-bond acceptors (Lipinski definition) is 4. The van der Waals surface area contributed by atoms with E-state index in [1.165, 1.54) is 17.4 Å². The SMILES string of the molecule is O=C(NCc1cc(Cl)cc2cc(C(=O)O)c(=O)[nH]c12)c1ccsc1. The van der Waals surface area contributed by atoms with Crippen LogP contribution in [0, 0.1) is 0 Å². The van der Waals surface area contributed by atoms with Gasteiger partial charge < -0.3 is 15.4 Å². The average molecular weight is 363 g/mol. The van der Waals surface area contributed by atoms with E-state index >= 15 is 0 Å². The van der Waals surface area contributed by atoms with Crippen LogP contribution in [-0.2, 0) is 6.54 Å². The van der Waals surface area contributed by atoms with Gasteiger partial charge in [0.05, 0.1) is 5.52 Å². The topological polar surface area (TPSA) is 99.3 Å². The monoisotopic (exact) mass is 362 g/mol. The Kier molecular flexibility index (Phi) is 4.37. The number of amides is 1. The summed E-state index contributed by atoms with van der Waals surface area (Å²) in [6, 6.07) is 6.15. The van der Waals surface area contributed by atoms with E-state index in [1.54, 1.807) is 29.0 Å². The molecule has 0 atom stereocenters. The second-order valence-electron chi connectivity index (χ2n) is 5.04. The molecule has 8 heteroatoms. The Morgan fingerprint density at radius 3 is 2.75 bits per heavy atom. The lowest BCUT2D eigenvalue weighted by Gasteiger charge is -2.09. The molecule has 0 unspecified atom stereocenters. The zero-order valence-corrected chi connectivity index (χ0v) is 13.7. The molecule has 1 amide bonds. The minimum atomic E-state index is -1.31. The Hall–Kier alpha value is -2.64. The summed E-state index contributed by atoms with van der Waals surface area (Å²) in [7, 11) is 0. The van der Waals surface area contributed by atoms with Gasteiger partial charge in [0.2, 0.25) is 0 Å². The number of carboxylic acid groups (broad SMARTS) is 1. The van der Waals surface area contributed by atoms with Crippen LogP contribution in [0.4, 0.5) is 0 Å². The number of rotatable bonds is 4. The molecule has 2 heterocycles. The highest BCUT2D eigenvalue weighted by atomic mass is 35.5. The Bertz CT molecular complexity index is 995. The summed E-state index contributed by atoms with van der Waals surface area (Å²) in [5.41, 5.74) is 0.517. The minimum absolute atomic E-state index is 0.147. The number of H-pyrrole nitrogens is 1. The highest BCUT2D eigenvalue weighted by Gasteiger charge is 2.13. The molecule has 122 valence electrons. The molecule has 0 aliphatic rings. The number of pyridine rings is 1. The van der Waals surface area contributed by atoms with Gasteiger partial charge >= 0.3 is 5.97 Å². The van der Waals surface area contributed by atoms with Crippen molar-refractivity contribution in [2.45, 2.75) is 6.54 Å². The number of nitrogens with one attached hydrogen (secondary N) is 2. The van der Waals surface area contributed by atoms with Crippen molar-refractivity contribution in [1.82, 2.24) is 10.3 Å². The minimum Gasteiger partial charge on any atom is -0.477 e. The number of thiophene rings is 1. The standard InChI is InChI=1S/C16H11ClN2O4S/c17-11-3-9-5-12(16(22)23)15(21)19-13(9)10(4-11)6-18-14(20)8-1-2-24-7-8/h1-5,7H,6H2,(H,18,20)(H,19,21)(H,22,23). The quantitative estimate of drug-likeness (QED) is 0.664. The van der Waals surface area contributed by atoms with Gasteiger partial charge in [0.1, 0.15) is 5.56 Å². The van der Waals surface area contributed by atoms with Gasteiger partial charge in [-0.2, -0.15) is 11.3 Å². The number of carbonyl (C=O) groups excluding carboxylic acids is 1. The lowest BCUT2D eigenvalue weighted by atomic mass is 10.1. The van der Waals surface area contributed by atoms with Crippen molar-refractivity contribution in [2.75, 3.05) is 0 Å². The van der Waals surface area contributed by atoms with Crippen LogP contribution in [0.3, 0.4) is 0 Å². The summed E-state index contributed by atoms with van der Waals surface area (Å²) in [5.74, 6) is -1.56. The number of hydrogen-bond donors (Lipinski definition) is 3. The van der Waals surface area contributed by atoms with E-state index in [2.05, 4.69) is 10.3 Å². The van der Waals surface area contributed by atoms with E-state index in [0.29, 0.717) is 27.1 Å². The Morgan fingerprint density at radius 1 is 1.29 bits per heavy atom. The number of benzene rings is 1. The zero-order chi connectivity index (χ0) is 17.3. The van der Waals surface area contributed by atoms with E-state index in [9.17, 15) is 14.4 Å². The van der Waals surface area contributed by atoms with E-state index in [1.807, 2.05) is 0 Å². The van der Waals surface area contributed by atoms with Crippen LogP contribution in [0.1, 0.15) is 26.3 Å². The van der Waals surface area contributed by atoms with Crippen molar-refractivity contribution >= 4 is 45.7 Å². The molecule has 0 radical (unpaired) electrons. The Balaban J connectivity index is 1.98. The van der Waals surface area contributed by atoms with Gasteiger partial charge in [-0.25, -0.2) is 4.79 Å². The maximum Gasteiger partial charge on any atom is 0.341 e. The molecular formula is C16H11ClN2O4S. The normalized spacial score (nSPS) is 10.7. The Morgan fingerprint density at radius 2 is 2.08 bits per heavy atom. The van der Waals surface area contributed by atoms with Crippen LogP contribution in [0.2, 0.25) is 5.02 Å². The fraction of sp³-hybridized carbons (Fsp3) is 0.0625. The number of aromatic amines is 1. The van der Waals surface area contributed by atoms with Gasteiger partial charge in [0.25, 0.3) is 11.5 Å². The van der Waals surface area contributed by atoms with Crippen molar-refractivity contribution in [3.63, 3.8) is 0 Å². The zero-order valence-electron chi connectivity index (χ0n) is 12.1. The van der Waals surface area contributed by atoms with Crippen LogP contribution >= 0.6 is 22.9 Å². The van der Waals surface area contributed by atoms with Crippen molar-refractivity contribution in [1.29, 1.82) is 0 Å². The number of aromatic carboxylic acids is 1. The number of carbonyl (C=O) groups is 2. The maximum absolute atomic E-state index is 12.0. The molecule has 3 N–H and O–H groups in total. The van der Waals surface area contributed by atoms with E-state index in [4.69, 9.17) is 16.7 Å². The molecule has 24 heavy (non-hydrogen) atoms. The highest BCUT2D eigenvalue weighted by Crippen LogP contribution is 2.22. The lowest BCUT2D eigenvalue weighted by molar-refractivity contribution is 0.0695. The Labute approximate surface area is 144 Å². The molecule has 1 aromatic carbocycles. The maximum atomic E-state index is 12.0. The largest absolute Gasteiger partial charge is 0.477 e. The summed E-state index contributed by atoms with van der Waals surface area (Å²) in [6.07, 6.45) is 0. The fourth-order valence-electron chi connectivity index (χ4n) is 2.32. The lowest BCUT2D eigenvalue weighted by Crippen LogP contribution is -2.23. The molecule has 0 aliphatic heterocycles. The van der Waals surface area contributed by atoms with E-state index in [0.717, 1.165) is 0 Å². The molecule has 0 saturated heterocycles. The third-order valence-electron chi connectivity index (χ3n) is 3.45. The van der Waals surface area contributed by atoms with E-state index < -0.39 is 11.5 Å². The van der Waals surface area contributed by atoms with Gasteiger partial charge in [0.15, 0.2) is 0 Å². The van der Waals surface area contributed by atoms with Gasteiger partial charge in [-0.05, 0) is 35.2 Å². The van der Waals surface area contributed by atoms with Gasteiger partial charge in [0, 0.05) is 27.9 Å². The summed E-state index contributed by atoms with van der Waals surface area (Å²) >= 11 is 7.48. The van der Waals surface area contributed by atoms with Crippen molar-refractivity contribution < 1.29 is 14.7 Å². The third-order valence-corrected chi connectivity index (χ3v) is 4.35. The summed E-state index contributed by atoms with van der Waals surface area (Å²) in [6.45, 7) is 0.147. The van der Waals surface area contributed by atoms with Gasteiger partial charge in [-0.1, -0.05) is 11.6 Å². The smallest absolute Gasteiger partial charge is 0.341 e. The van der Waals surface area contributed by atoms with Crippen LogP contribution in [0.25, 0.3) is 10.9 Å². The van der Waals surface area contributed by atoms with E-state index in [-0.39, 0.29) is 18.0 Å². The fourth-order valence-corrected chi connectivity index (χ4v) is 3.21. The first-order valence-electron chi connectivity index (χ1n) is 6.85. The van der Waals surface area contributed by atoms with Crippen LogP contribution < -0.4 is 10.9 Å². The first-order valence-corrected chi connectivity index (χ1v) is 8.17. The first kappa shape index (κ1) is 16.2. The van der Waals surface area contributed by atoms with Crippen molar-refractivity contribution in [3.05, 3.63) is 67.1 Å². The molecule has 0 saturated carbocycles. The molecule has 2 aromatic heterocycles. The summed E-state index contributed by atoms with van der Waals surface area (Å²) < 4.78 is 0. The molecule has 3 aromatic rings. The predicted molar refractivity (Wildman–Crippen MR) is 92.0 cm³/mol. The van der Waals surface area contributed by atoms with Crippen LogP contribution in [0.15, 0.2) is 39.8 Å². The molecule has 6 nitrogen and oxygen atoms in total. The third kappa shape index (κ3) is 3.17. The summed E-state index contributed by atoms with van der Waals surface area (Å²) in [5, 5.41) is 16.2. The molecule has 0 spiro atoms. The van der Waals surface area contributed by atoms with Crippen molar-refractivity contribution in [3.8, 4) is 0 Å². The van der Waals surface area contributed by atoms with Crippen LogP contribution in [-0.4, -0.2) is 22.0 Å². The predicted octanol–water partition coefficient (Wildman–Crippen LogP) is 2.87. The average Bonchev–Trinajstić information content (AvgIpc) is 3.06. The number of halogens is 1. The van der Waals surface area contributed by atoms with Gasteiger partial charge in [-0.3, -0.25) is 9.59 Å². The molecule has 0 aliphatic carbocycles. The van der Waals surface area contributed by atoms with Crippen LogP contribution in [0.5, 0.6) is 0 Å². The molecular weight excluding hydrogens is 352 g/mol. The number of fused-ring (bicyclic) bond motifs is 1. The van der Waals surface area contributed by atoms with Gasteiger partial charge in [-0.15, -0.1) is 0 Å². The molecule has 3 rings (SSSR count).